The van der Waals surface area contributed by atoms with Gasteiger partial charge in [0.05, 0.1) is 13.2 Å². The molecule has 2 aromatic rings. The molecule has 1 N–H and O–H groups in total. The lowest BCUT2D eigenvalue weighted by Gasteiger charge is -2.35. The minimum Gasteiger partial charge on any atom is -0.496 e. The van der Waals surface area contributed by atoms with Gasteiger partial charge in [0.25, 0.3) is 0 Å². The summed E-state index contributed by atoms with van der Waals surface area (Å²) < 4.78 is 5.37. The van der Waals surface area contributed by atoms with E-state index in [4.69, 9.17) is 4.74 Å². The molecule has 1 aliphatic heterocycles. The summed E-state index contributed by atoms with van der Waals surface area (Å²) in [7, 11) is 1.64. The Kier molecular flexibility index (Phi) is 5.20. The molecule has 0 spiro atoms. The molecule has 0 bridgehead atoms. The second-order valence-electron chi connectivity index (χ2n) is 5.70. The number of thiazole rings is 1. The Balaban J connectivity index is 1.56. The summed E-state index contributed by atoms with van der Waals surface area (Å²) in [5.74, 6) is 0.791. The summed E-state index contributed by atoms with van der Waals surface area (Å²) in [4.78, 5) is 20.9. The highest BCUT2D eigenvalue weighted by Gasteiger charge is 2.24. The Hall–Kier alpha value is -2.28. The van der Waals surface area contributed by atoms with E-state index in [0.717, 1.165) is 29.5 Å². The molecule has 1 saturated heterocycles. The first-order valence-electron chi connectivity index (χ1n) is 8.02. The molecule has 24 heavy (non-hydrogen) atoms. The number of hydrogen-bond donors (Lipinski definition) is 1. The van der Waals surface area contributed by atoms with Crippen molar-refractivity contribution in [3.8, 4) is 5.75 Å². The molecule has 1 atom stereocenters. The molecule has 2 amide bonds. The Morgan fingerprint density at radius 1 is 1.29 bits per heavy atom. The largest absolute Gasteiger partial charge is 0.496 e. The van der Waals surface area contributed by atoms with Gasteiger partial charge in [-0.05, 0) is 13.0 Å². The van der Waals surface area contributed by atoms with Crippen LogP contribution in [0.5, 0.6) is 5.75 Å². The number of nitrogens with one attached hydrogen (secondary N) is 1. The number of piperazine rings is 1. The predicted octanol–water partition coefficient (Wildman–Crippen LogP) is 2.74. The van der Waals surface area contributed by atoms with Crippen molar-refractivity contribution in [2.24, 2.45) is 0 Å². The van der Waals surface area contributed by atoms with E-state index in [2.05, 4.69) is 15.2 Å². The molecule has 0 aliphatic carbocycles. The summed E-state index contributed by atoms with van der Waals surface area (Å²) in [6, 6.07) is 7.62. The number of rotatable bonds is 4. The number of aromatic nitrogens is 1. The molecule has 1 aromatic heterocycles. The van der Waals surface area contributed by atoms with E-state index in [1.165, 1.54) is 0 Å². The van der Waals surface area contributed by atoms with Gasteiger partial charge in [-0.25, -0.2) is 9.78 Å². The quantitative estimate of drug-likeness (QED) is 0.925. The lowest BCUT2D eigenvalue weighted by atomic mass is 10.1. The van der Waals surface area contributed by atoms with Gasteiger partial charge in [0.1, 0.15) is 5.75 Å². The lowest BCUT2D eigenvalue weighted by Crippen LogP contribution is -2.52. The molecular weight excluding hydrogens is 324 g/mol. The van der Waals surface area contributed by atoms with Crippen LogP contribution in [0.4, 0.5) is 9.93 Å². The van der Waals surface area contributed by atoms with Gasteiger partial charge in [-0.1, -0.05) is 18.2 Å². The predicted molar refractivity (Wildman–Crippen MR) is 95.8 cm³/mol. The van der Waals surface area contributed by atoms with Crippen LogP contribution >= 0.6 is 11.3 Å². The molecule has 0 unspecified atom stereocenters. The summed E-state index contributed by atoms with van der Waals surface area (Å²) in [6.07, 6.45) is 1.81. The number of ether oxygens (including phenoxy) is 1. The van der Waals surface area contributed by atoms with Crippen LogP contribution in [0.2, 0.25) is 0 Å². The van der Waals surface area contributed by atoms with Crippen LogP contribution in [0.1, 0.15) is 18.5 Å². The second-order valence-corrected chi connectivity index (χ2v) is 6.57. The third kappa shape index (κ3) is 3.62. The van der Waals surface area contributed by atoms with Crippen molar-refractivity contribution < 1.29 is 9.53 Å². The standard InChI is InChI=1S/C17H22N4O2S/c1-13(14-5-3-4-6-15(14)23-2)19-16(22)20-8-10-21(11-9-20)17-18-7-12-24-17/h3-7,12-13H,8-11H2,1-2H3,(H,19,22)/t13-/m1/s1. The highest BCUT2D eigenvalue weighted by atomic mass is 32.1. The monoisotopic (exact) mass is 346 g/mol. The van der Waals surface area contributed by atoms with Gasteiger partial charge < -0.3 is 19.9 Å². The zero-order chi connectivity index (χ0) is 16.9. The van der Waals surface area contributed by atoms with E-state index in [1.807, 2.05) is 47.7 Å². The summed E-state index contributed by atoms with van der Waals surface area (Å²) in [6.45, 7) is 4.99. The van der Waals surface area contributed by atoms with Crippen LogP contribution in [0, 0.1) is 0 Å². The van der Waals surface area contributed by atoms with E-state index in [9.17, 15) is 4.79 Å². The van der Waals surface area contributed by atoms with Crippen molar-refractivity contribution >= 4 is 22.5 Å². The number of amides is 2. The topological polar surface area (TPSA) is 57.7 Å². The third-order valence-electron chi connectivity index (χ3n) is 4.20. The van der Waals surface area contributed by atoms with Crippen molar-refractivity contribution in [3.05, 3.63) is 41.4 Å². The molecule has 128 valence electrons. The fraction of sp³-hybridized carbons (Fsp3) is 0.412. The molecule has 1 fully saturated rings. The lowest BCUT2D eigenvalue weighted by molar-refractivity contribution is 0.191. The van der Waals surface area contributed by atoms with E-state index in [-0.39, 0.29) is 12.1 Å². The number of nitrogens with zero attached hydrogens (tertiary/aromatic N) is 3. The Morgan fingerprint density at radius 2 is 2.04 bits per heavy atom. The molecule has 0 saturated carbocycles. The van der Waals surface area contributed by atoms with Crippen LogP contribution in [-0.2, 0) is 0 Å². The normalized spacial score (nSPS) is 15.9. The number of anilines is 1. The smallest absolute Gasteiger partial charge is 0.317 e. The Morgan fingerprint density at radius 3 is 2.71 bits per heavy atom. The average Bonchev–Trinajstić information content (AvgIpc) is 3.16. The number of carbonyl (C=O) groups excluding carboxylic acids is 1. The SMILES string of the molecule is COc1ccccc1[C@@H](C)NC(=O)N1CCN(c2nccs2)CC1. The molecule has 2 heterocycles. The summed E-state index contributed by atoms with van der Waals surface area (Å²) in [5.41, 5.74) is 0.981. The van der Waals surface area contributed by atoms with Crippen LogP contribution in [0.25, 0.3) is 0 Å². The highest BCUT2D eigenvalue weighted by molar-refractivity contribution is 7.13. The zero-order valence-electron chi connectivity index (χ0n) is 13.9. The number of urea groups is 1. The summed E-state index contributed by atoms with van der Waals surface area (Å²) >= 11 is 1.63. The average molecular weight is 346 g/mol. The molecular formula is C17H22N4O2S. The van der Waals surface area contributed by atoms with Crippen LogP contribution in [0.3, 0.4) is 0 Å². The first kappa shape index (κ1) is 16.6. The number of benzene rings is 1. The second kappa shape index (κ2) is 7.53. The third-order valence-corrected chi connectivity index (χ3v) is 5.03. The molecule has 1 aliphatic rings. The maximum atomic E-state index is 12.5. The number of hydrogen-bond acceptors (Lipinski definition) is 5. The number of para-hydroxylation sites is 1. The van der Waals surface area contributed by atoms with Crippen molar-refractivity contribution in [1.82, 2.24) is 15.2 Å². The van der Waals surface area contributed by atoms with Gasteiger partial charge in [0.2, 0.25) is 0 Å². The van der Waals surface area contributed by atoms with Gasteiger partial charge in [0, 0.05) is 43.3 Å². The van der Waals surface area contributed by atoms with Gasteiger partial charge in [-0.2, -0.15) is 0 Å². The van der Waals surface area contributed by atoms with Crippen molar-refractivity contribution in [3.63, 3.8) is 0 Å². The van der Waals surface area contributed by atoms with Gasteiger partial charge in [0.15, 0.2) is 5.13 Å². The fourth-order valence-corrected chi connectivity index (χ4v) is 3.55. The van der Waals surface area contributed by atoms with Crippen LogP contribution in [-0.4, -0.2) is 49.2 Å². The van der Waals surface area contributed by atoms with E-state index >= 15 is 0 Å². The molecule has 1 aromatic carbocycles. The van der Waals surface area contributed by atoms with Gasteiger partial charge in [-0.3, -0.25) is 0 Å². The van der Waals surface area contributed by atoms with Crippen LogP contribution in [0.15, 0.2) is 35.8 Å². The van der Waals surface area contributed by atoms with Crippen molar-refractivity contribution in [2.75, 3.05) is 38.2 Å². The van der Waals surface area contributed by atoms with E-state index < -0.39 is 0 Å². The Bertz CT molecular complexity index is 669. The minimum absolute atomic E-state index is 0.0350. The highest BCUT2D eigenvalue weighted by Crippen LogP contribution is 2.24. The van der Waals surface area contributed by atoms with Crippen molar-refractivity contribution in [2.45, 2.75) is 13.0 Å². The zero-order valence-corrected chi connectivity index (χ0v) is 14.8. The molecule has 7 heteroatoms. The first-order chi connectivity index (χ1) is 11.7. The van der Waals surface area contributed by atoms with Gasteiger partial charge in [-0.15, -0.1) is 11.3 Å². The fourth-order valence-electron chi connectivity index (χ4n) is 2.85. The first-order valence-corrected chi connectivity index (χ1v) is 8.90. The molecule has 6 nitrogen and oxygen atoms in total. The van der Waals surface area contributed by atoms with Crippen LogP contribution < -0.4 is 15.0 Å². The molecule has 0 radical (unpaired) electrons. The van der Waals surface area contributed by atoms with E-state index in [0.29, 0.717) is 13.1 Å². The van der Waals surface area contributed by atoms with E-state index in [1.54, 1.807) is 18.4 Å². The maximum Gasteiger partial charge on any atom is 0.317 e. The minimum atomic E-state index is -0.106. The number of methoxy groups -OCH3 is 1. The number of carbonyl (C=O) groups is 1. The Labute approximate surface area is 146 Å². The van der Waals surface area contributed by atoms with Crippen molar-refractivity contribution in [1.29, 1.82) is 0 Å². The molecule has 3 rings (SSSR count). The maximum absolute atomic E-state index is 12.5. The van der Waals surface area contributed by atoms with Gasteiger partial charge >= 0.3 is 6.03 Å². The summed E-state index contributed by atoms with van der Waals surface area (Å²) in [5, 5.41) is 6.07.